The molecule has 1 aromatic carbocycles. The van der Waals surface area contributed by atoms with Crippen molar-refractivity contribution in [2.75, 3.05) is 32.8 Å². The summed E-state index contributed by atoms with van der Waals surface area (Å²) in [6.07, 6.45) is 5.02. The first-order valence-corrected chi connectivity index (χ1v) is 8.04. The van der Waals surface area contributed by atoms with Crippen LogP contribution >= 0.6 is 0 Å². The molecule has 3 nitrogen and oxygen atoms in total. The van der Waals surface area contributed by atoms with E-state index in [0.717, 1.165) is 31.9 Å². The normalized spacial score (nSPS) is 15.7. The SMILES string of the molecule is CCCNCc1ccccc1OCCCN1CCCC1. The van der Waals surface area contributed by atoms with E-state index < -0.39 is 0 Å². The Balaban J connectivity index is 1.70. The van der Waals surface area contributed by atoms with Crippen LogP contribution in [0.4, 0.5) is 0 Å². The first-order chi connectivity index (χ1) is 9.90. The third-order valence-electron chi connectivity index (χ3n) is 3.79. The standard InChI is InChI=1S/C17H28N2O/c1-2-10-18-15-16-8-3-4-9-17(16)20-14-7-13-19-11-5-6-12-19/h3-4,8-9,18H,2,5-7,10-15H2,1H3. The molecule has 1 aromatic rings. The van der Waals surface area contributed by atoms with E-state index in [9.17, 15) is 0 Å². The van der Waals surface area contributed by atoms with Crippen LogP contribution in [-0.4, -0.2) is 37.7 Å². The van der Waals surface area contributed by atoms with Gasteiger partial charge in [-0.15, -0.1) is 0 Å². The maximum atomic E-state index is 5.96. The molecular formula is C17H28N2O. The highest BCUT2D eigenvalue weighted by Crippen LogP contribution is 2.18. The summed E-state index contributed by atoms with van der Waals surface area (Å²) in [5.41, 5.74) is 1.27. The van der Waals surface area contributed by atoms with Crippen LogP contribution in [0.2, 0.25) is 0 Å². The average molecular weight is 276 g/mol. The molecule has 1 N–H and O–H groups in total. The second-order valence-electron chi connectivity index (χ2n) is 5.54. The summed E-state index contributed by atoms with van der Waals surface area (Å²) in [7, 11) is 0. The minimum atomic E-state index is 0.821. The van der Waals surface area contributed by atoms with Gasteiger partial charge in [-0.3, -0.25) is 0 Å². The molecule has 0 saturated carbocycles. The summed E-state index contributed by atoms with van der Waals surface area (Å²) in [5, 5.41) is 3.44. The molecule has 0 unspecified atom stereocenters. The summed E-state index contributed by atoms with van der Waals surface area (Å²) in [6, 6.07) is 8.37. The molecule has 1 fully saturated rings. The molecular weight excluding hydrogens is 248 g/mol. The molecule has 1 aliphatic heterocycles. The van der Waals surface area contributed by atoms with Gasteiger partial charge in [0, 0.05) is 18.7 Å². The molecule has 0 aliphatic carbocycles. The highest BCUT2D eigenvalue weighted by Gasteiger charge is 2.10. The predicted molar refractivity (Wildman–Crippen MR) is 84.2 cm³/mol. The maximum Gasteiger partial charge on any atom is 0.123 e. The highest BCUT2D eigenvalue weighted by atomic mass is 16.5. The Bertz CT molecular complexity index is 375. The molecule has 0 atom stereocenters. The van der Waals surface area contributed by atoms with Crippen LogP contribution < -0.4 is 10.1 Å². The fourth-order valence-electron chi connectivity index (χ4n) is 2.67. The lowest BCUT2D eigenvalue weighted by atomic mass is 10.2. The van der Waals surface area contributed by atoms with Crippen molar-refractivity contribution in [2.45, 2.75) is 39.2 Å². The van der Waals surface area contributed by atoms with E-state index in [2.05, 4.69) is 41.4 Å². The van der Waals surface area contributed by atoms with Crippen molar-refractivity contribution in [1.82, 2.24) is 10.2 Å². The zero-order chi connectivity index (χ0) is 14.0. The van der Waals surface area contributed by atoms with Gasteiger partial charge in [0.25, 0.3) is 0 Å². The first-order valence-electron chi connectivity index (χ1n) is 8.04. The minimum Gasteiger partial charge on any atom is -0.493 e. The molecule has 0 radical (unpaired) electrons. The Kier molecular flexibility index (Phi) is 6.89. The monoisotopic (exact) mass is 276 g/mol. The predicted octanol–water partition coefficient (Wildman–Crippen LogP) is 3.05. The molecule has 112 valence electrons. The zero-order valence-electron chi connectivity index (χ0n) is 12.7. The van der Waals surface area contributed by atoms with E-state index in [1.165, 1.54) is 44.5 Å². The van der Waals surface area contributed by atoms with Crippen LogP contribution in [0.5, 0.6) is 5.75 Å². The Morgan fingerprint density at radius 2 is 2.00 bits per heavy atom. The van der Waals surface area contributed by atoms with Gasteiger partial charge in [0.1, 0.15) is 5.75 Å². The molecule has 0 spiro atoms. The summed E-state index contributed by atoms with van der Waals surface area (Å²) >= 11 is 0. The number of likely N-dealkylation sites (tertiary alicyclic amines) is 1. The van der Waals surface area contributed by atoms with Crippen LogP contribution in [0.3, 0.4) is 0 Å². The van der Waals surface area contributed by atoms with Gasteiger partial charge in [0.05, 0.1) is 6.61 Å². The van der Waals surface area contributed by atoms with E-state index in [0.29, 0.717) is 0 Å². The van der Waals surface area contributed by atoms with Gasteiger partial charge in [0.15, 0.2) is 0 Å². The zero-order valence-corrected chi connectivity index (χ0v) is 12.7. The largest absolute Gasteiger partial charge is 0.493 e. The quantitative estimate of drug-likeness (QED) is 0.702. The van der Waals surface area contributed by atoms with Crippen LogP contribution in [-0.2, 0) is 6.54 Å². The molecule has 0 amide bonds. The topological polar surface area (TPSA) is 24.5 Å². The van der Waals surface area contributed by atoms with Gasteiger partial charge < -0.3 is 15.0 Å². The summed E-state index contributed by atoms with van der Waals surface area (Å²) < 4.78 is 5.96. The van der Waals surface area contributed by atoms with Crippen LogP contribution in [0.15, 0.2) is 24.3 Å². The lowest BCUT2D eigenvalue weighted by molar-refractivity contribution is 0.261. The number of nitrogens with one attached hydrogen (secondary N) is 1. The fraction of sp³-hybridized carbons (Fsp3) is 0.647. The van der Waals surface area contributed by atoms with Gasteiger partial charge in [-0.1, -0.05) is 25.1 Å². The average Bonchev–Trinajstić information content (AvgIpc) is 2.98. The molecule has 2 rings (SSSR count). The number of para-hydroxylation sites is 1. The summed E-state index contributed by atoms with van der Waals surface area (Å²) in [6.45, 7) is 8.69. The van der Waals surface area contributed by atoms with E-state index in [-0.39, 0.29) is 0 Å². The number of rotatable bonds is 9. The van der Waals surface area contributed by atoms with Crippen molar-refractivity contribution < 1.29 is 4.74 Å². The summed E-state index contributed by atoms with van der Waals surface area (Å²) in [4.78, 5) is 2.54. The van der Waals surface area contributed by atoms with Crippen molar-refractivity contribution in [3.63, 3.8) is 0 Å². The van der Waals surface area contributed by atoms with Crippen molar-refractivity contribution in [3.8, 4) is 5.75 Å². The van der Waals surface area contributed by atoms with Crippen molar-refractivity contribution in [2.24, 2.45) is 0 Å². The third kappa shape index (κ3) is 5.14. The molecule has 0 bridgehead atoms. The lowest BCUT2D eigenvalue weighted by Crippen LogP contribution is -2.22. The smallest absolute Gasteiger partial charge is 0.123 e. The second kappa shape index (κ2) is 8.98. The molecule has 20 heavy (non-hydrogen) atoms. The van der Waals surface area contributed by atoms with E-state index in [1.54, 1.807) is 0 Å². The first kappa shape index (κ1) is 15.3. The minimum absolute atomic E-state index is 0.821. The van der Waals surface area contributed by atoms with Crippen molar-refractivity contribution in [3.05, 3.63) is 29.8 Å². The van der Waals surface area contributed by atoms with E-state index >= 15 is 0 Å². The van der Waals surface area contributed by atoms with Crippen molar-refractivity contribution in [1.29, 1.82) is 0 Å². The van der Waals surface area contributed by atoms with Crippen LogP contribution in [0, 0.1) is 0 Å². The molecule has 1 saturated heterocycles. The van der Waals surface area contributed by atoms with Crippen LogP contribution in [0.1, 0.15) is 38.2 Å². The Labute approximate surface area is 123 Å². The van der Waals surface area contributed by atoms with Gasteiger partial charge in [0.2, 0.25) is 0 Å². The molecule has 1 aliphatic rings. The number of hydrogen-bond donors (Lipinski definition) is 1. The van der Waals surface area contributed by atoms with Crippen LogP contribution in [0.25, 0.3) is 0 Å². The molecule has 3 heteroatoms. The Hall–Kier alpha value is -1.06. The lowest BCUT2D eigenvalue weighted by Gasteiger charge is -2.15. The Morgan fingerprint density at radius 1 is 1.20 bits per heavy atom. The third-order valence-corrected chi connectivity index (χ3v) is 3.79. The Morgan fingerprint density at radius 3 is 2.80 bits per heavy atom. The molecule has 1 heterocycles. The highest BCUT2D eigenvalue weighted by molar-refractivity contribution is 5.33. The van der Waals surface area contributed by atoms with Crippen molar-refractivity contribution >= 4 is 0 Å². The number of benzene rings is 1. The number of ether oxygens (including phenoxy) is 1. The number of nitrogens with zero attached hydrogens (tertiary/aromatic N) is 1. The van der Waals surface area contributed by atoms with Gasteiger partial charge in [-0.2, -0.15) is 0 Å². The number of hydrogen-bond acceptors (Lipinski definition) is 3. The van der Waals surface area contributed by atoms with Gasteiger partial charge >= 0.3 is 0 Å². The van der Waals surface area contributed by atoms with Gasteiger partial charge in [-0.05, 0) is 51.4 Å². The van der Waals surface area contributed by atoms with Gasteiger partial charge in [-0.25, -0.2) is 0 Å². The molecule has 0 aromatic heterocycles. The summed E-state index contributed by atoms with van der Waals surface area (Å²) in [5.74, 6) is 1.04. The fourth-order valence-corrected chi connectivity index (χ4v) is 2.67. The second-order valence-corrected chi connectivity index (χ2v) is 5.54. The van der Waals surface area contributed by atoms with E-state index in [1.807, 2.05) is 0 Å². The maximum absolute atomic E-state index is 5.96. The van der Waals surface area contributed by atoms with E-state index in [4.69, 9.17) is 4.74 Å².